The van der Waals surface area contributed by atoms with Gasteiger partial charge >= 0.3 is 0 Å². The molecule has 2 amide bonds. The highest BCUT2D eigenvalue weighted by atomic mass is 16.2. The van der Waals surface area contributed by atoms with Crippen molar-refractivity contribution >= 4 is 11.8 Å². The Balaban J connectivity index is 1.45. The molecule has 37 heavy (non-hydrogen) atoms. The van der Waals surface area contributed by atoms with Crippen molar-refractivity contribution in [3.8, 4) is 11.1 Å². The van der Waals surface area contributed by atoms with Gasteiger partial charge < -0.3 is 10.6 Å². The standard InChI is InChI=1S/C31H30N4O2/c32-30(36)27-12-6-16-35(21-27)31(37)24-9-3-8-22(17-24)28-13-2-1-7-23(28)18-29(25-10-4-14-33-19-25)26-11-5-15-34-20-26/h1-5,7-11,13-15,17,19-20,27,29H,6,12,16,18,21H2,(H2,32,36). The largest absolute Gasteiger partial charge is 0.369 e. The number of benzene rings is 2. The number of carbonyl (C=O) groups is 2. The van der Waals surface area contributed by atoms with Gasteiger partial charge in [0.05, 0.1) is 5.92 Å². The van der Waals surface area contributed by atoms with Crippen LogP contribution in [0.1, 0.15) is 45.8 Å². The minimum Gasteiger partial charge on any atom is -0.369 e. The predicted octanol–water partition coefficient (Wildman–Crippen LogP) is 4.86. The highest BCUT2D eigenvalue weighted by Crippen LogP contribution is 2.33. The fourth-order valence-electron chi connectivity index (χ4n) is 5.19. The number of hydrogen-bond donors (Lipinski definition) is 1. The Kier molecular flexibility index (Phi) is 7.36. The van der Waals surface area contributed by atoms with Crippen LogP contribution in [0.25, 0.3) is 11.1 Å². The second-order valence-electron chi connectivity index (χ2n) is 9.56. The summed E-state index contributed by atoms with van der Waals surface area (Å²) in [5.74, 6) is -0.586. The number of carbonyl (C=O) groups excluding carboxylic acids is 2. The molecule has 0 bridgehead atoms. The van der Waals surface area contributed by atoms with Crippen molar-refractivity contribution in [2.24, 2.45) is 11.7 Å². The van der Waals surface area contributed by atoms with E-state index in [4.69, 9.17) is 5.73 Å². The van der Waals surface area contributed by atoms with Gasteiger partial charge in [0, 0.05) is 49.4 Å². The maximum atomic E-state index is 13.3. The van der Waals surface area contributed by atoms with Gasteiger partial charge in [-0.1, -0.05) is 48.5 Å². The molecule has 0 aliphatic carbocycles. The summed E-state index contributed by atoms with van der Waals surface area (Å²) in [5.41, 5.74) is 11.7. The van der Waals surface area contributed by atoms with Gasteiger partial charge in [-0.3, -0.25) is 19.6 Å². The number of hydrogen-bond acceptors (Lipinski definition) is 4. The van der Waals surface area contributed by atoms with Gasteiger partial charge in [-0.2, -0.15) is 0 Å². The molecular formula is C31H30N4O2. The molecule has 2 aromatic heterocycles. The zero-order chi connectivity index (χ0) is 25.6. The average molecular weight is 491 g/mol. The molecule has 1 aliphatic rings. The van der Waals surface area contributed by atoms with Crippen molar-refractivity contribution in [3.05, 3.63) is 120 Å². The van der Waals surface area contributed by atoms with Crippen molar-refractivity contribution in [1.82, 2.24) is 14.9 Å². The Hall–Kier alpha value is -4.32. The van der Waals surface area contributed by atoms with Gasteiger partial charge in [0.1, 0.15) is 0 Å². The summed E-state index contributed by atoms with van der Waals surface area (Å²) >= 11 is 0. The molecule has 3 heterocycles. The summed E-state index contributed by atoms with van der Waals surface area (Å²) in [7, 11) is 0. The fourth-order valence-corrected chi connectivity index (χ4v) is 5.19. The molecule has 1 atom stereocenters. The van der Waals surface area contributed by atoms with E-state index in [1.807, 2.05) is 54.9 Å². The van der Waals surface area contributed by atoms with E-state index in [0.29, 0.717) is 18.7 Å². The van der Waals surface area contributed by atoms with Crippen molar-refractivity contribution in [3.63, 3.8) is 0 Å². The van der Waals surface area contributed by atoms with Gasteiger partial charge in [-0.25, -0.2) is 0 Å². The molecule has 1 fully saturated rings. The smallest absolute Gasteiger partial charge is 0.253 e. The van der Waals surface area contributed by atoms with Crippen LogP contribution < -0.4 is 5.73 Å². The lowest BCUT2D eigenvalue weighted by atomic mass is 9.85. The second-order valence-corrected chi connectivity index (χ2v) is 9.56. The normalized spacial score (nSPS) is 15.5. The number of amides is 2. The maximum Gasteiger partial charge on any atom is 0.253 e. The Morgan fingerprint density at radius 1 is 0.919 bits per heavy atom. The molecule has 2 N–H and O–H groups in total. The van der Waals surface area contributed by atoms with E-state index in [1.54, 1.807) is 17.3 Å². The lowest BCUT2D eigenvalue weighted by molar-refractivity contribution is -0.123. The van der Waals surface area contributed by atoms with E-state index in [1.165, 1.54) is 5.56 Å². The highest BCUT2D eigenvalue weighted by Gasteiger charge is 2.28. The van der Waals surface area contributed by atoms with E-state index in [0.717, 1.165) is 41.5 Å². The molecule has 0 spiro atoms. The summed E-state index contributed by atoms with van der Waals surface area (Å²) in [6.45, 7) is 1.02. The van der Waals surface area contributed by atoms with Crippen molar-refractivity contribution in [2.45, 2.75) is 25.2 Å². The quantitative estimate of drug-likeness (QED) is 0.401. The van der Waals surface area contributed by atoms with E-state index in [2.05, 4.69) is 40.3 Å². The third kappa shape index (κ3) is 5.59. The second kappa shape index (κ2) is 11.2. The molecule has 1 saturated heterocycles. The summed E-state index contributed by atoms with van der Waals surface area (Å²) < 4.78 is 0. The monoisotopic (exact) mass is 490 g/mol. The van der Waals surface area contributed by atoms with E-state index in [-0.39, 0.29) is 23.7 Å². The van der Waals surface area contributed by atoms with Crippen LogP contribution in [0.2, 0.25) is 0 Å². The summed E-state index contributed by atoms with van der Waals surface area (Å²) in [6, 6.07) is 24.2. The van der Waals surface area contributed by atoms with Crippen LogP contribution in [0.15, 0.2) is 97.6 Å². The molecule has 5 rings (SSSR count). The highest BCUT2D eigenvalue weighted by molar-refractivity contribution is 5.96. The van der Waals surface area contributed by atoms with Gasteiger partial charge in [0.2, 0.25) is 5.91 Å². The third-order valence-electron chi connectivity index (χ3n) is 7.15. The first-order chi connectivity index (χ1) is 18.1. The Labute approximate surface area is 217 Å². The zero-order valence-corrected chi connectivity index (χ0v) is 20.7. The Morgan fingerprint density at radius 2 is 1.65 bits per heavy atom. The van der Waals surface area contributed by atoms with Crippen LogP contribution in [0.4, 0.5) is 0 Å². The molecule has 4 aromatic rings. The number of nitrogens with zero attached hydrogens (tertiary/aromatic N) is 3. The minimum atomic E-state index is -0.336. The third-order valence-corrected chi connectivity index (χ3v) is 7.15. The minimum absolute atomic E-state index is 0.0612. The molecular weight excluding hydrogens is 460 g/mol. The lowest BCUT2D eigenvalue weighted by Gasteiger charge is -2.31. The molecule has 1 aliphatic heterocycles. The predicted molar refractivity (Wildman–Crippen MR) is 144 cm³/mol. The van der Waals surface area contributed by atoms with Crippen molar-refractivity contribution < 1.29 is 9.59 Å². The van der Waals surface area contributed by atoms with Crippen LogP contribution in [0, 0.1) is 5.92 Å². The number of rotatable bonds is 7. The first-order valence-electron chi connectivity index (χ1n) is 12.7. The molecule has 1 unspecified atom stereocenters. The molecule has 6 heteroatoms. The molecule has 2 aromatic carbocycles. The first-order valence-corrected chi connectivity index (χ1v) is 12.7. The fraction of sp³-hybridized carbons (Fsp3) is 0.226. The summed E-state index contributed by atoms with van der Waals surface area (Å²) in [6.07, 6.45) is 9.68. The molecule has 6 nitrogen and oxygen atoms in total. The summed E-state index contributed by atoms with van der Waals surface area (Å²) in [4.78, 5) is 35.5. The first kappa shape index (κ1) is 24.4. The number of primary amides is 1. The summed E-state index contributed by atoms with van der Waals surface area (Å²) in [5, 5.41) is 0. The number of likely N-dealkylation sites (tertiary alicyclic amines) is 1. The topological polar surface area (TPSA) is 89.2 Å². The van der Waals surface area contributed by atoms with Crippen LogP contribution in [0.3, 0.4) is 0 Å². The number of piperidine rings is 1. The molecule has 0 saturated carbocycles. The van der Waals surface area contributed by atoms with Gasteiger partial charge in [0.15, 0.2) is 0 Å². The van der Waals surface area contributed by atoms with Crippen molar-refractivity contribution in [1.29, 1.82) is 0 Å². The van der Waals surface area contributed by atoms with E-state index >= 15 is 0 Å². The number of nitrogens with two attached hydrogens (primary N) is 1. The lowest BCUT2D eigenvalue weighted by Crippen LogP contribution is -2.44. The van der Waals surface area contributed by atoms with Gasteiger partial charge in [-0.05, 0) is 71.3 Å². The number of pyridine rings is 2. The van der Waals surface area contributed by atoms with E-state index < -0.39 is 0 Å². The van der Waals surface area contributed by atoms with E-state index in [9.17, 15) is 9.59 Å². The SMILES string of the molecule is NC(=O)C1CCCN(C(=O)c2cccc(-c3ccccc3CC(c3cccnc3)c3cccnc3)c2)C1. The van der Waals surface area contributed by atoms with Crippen LogP contribution in [-0.2, 0) is 11.2 Å². The van der Waals surface area contributed by atoms with Crippen LogP contribution >= 0.6 is 0 Å². The maximum absolute atomic E-state index is 13.3. The number of aromatic nitrogens is 2. The van der Waals surface area contributed by atoms with Crippen molar-refractivity contribution in [2.75, 3.05) is 13.1 Å². The van der Waals surface area contributed by atoms with Crippen LogP contribution in [0.5, 0.6) is 0 Å². The van der Waals surface area contributed by atoms with Crippen LogP contribution in [-0.4, -0.2) is 39.8 Å². The van der Waals surface area contributed by atoms with Gasteiger partial charge in [-0.15, -0.1) is 0 Å². The zero-order valence-electron chi connectivity index (χ0n) is 20.7. The Bertz CT molecular complexity index is 1330. The Morgan fingerprint density at radius 3 is 2.32 bits per heavy atom. The van der Waals surface area contributed by atoms with Gasteiger partial charge in [0.25, 0.3) is 5.91 Å². The molecule has 186 valence electrons. The molecule has 0 radical (unpaired) electrons. The average Bonchev–Trinajstić information content (AvgIpc) is 2.97.